The van der Waals surface area contributed by atoms with Crippen LogP contribution in [0, 0.1) is 0 Å². The van der Waals surface area contributed by atoms with Gasteiger partial charge < -0.3 is 29.5 Å². The Labute approximate surface area is 426 Å². The number of ether oxygens (including phenoxy) is 2. The van der Waals surface area contributed by atoms with Crippen molar-refractivity contribution in [3.8, 4) is 5.75 Å². The number of benzene rings is 6. The summed E-state index contributed by atoms with van der Waals surface area (Å²) in [6, 6.07) is 54.5. The van der Waals surface area contributed by atoms with Crippen LogP contribution in [0.25, 0.3) is 0 Å². The molecule has 2 amide bonds. The van der Waals surface area contributed by atoms with E-state index in [-0.39, 0.29) is 36.7 Å². The molecule has 9 rings (SSSR count). The monoisotopic (exact) mass is 1020 g/mol. The average molecular weight is 1020 g/mol. The Kier molecular flexibility index (Phi) is 15.6. The Bertz CT molecular complexity index is 3000. The van der Waals surface area contributed by atoms with Gasteiger partial charge in [-0.3, -0.25) is 19.1 Å². The van der Waals surface area contributed by atoms with Gasteiger partial charge in [-0.15, -0.1) is 23.1 Å². The van der Waals surface area contributed by atoms with Gasteiger partial charge in [0.25, 0.3) is 19.2 Å². The fourth-order valence-corrected chi connectivity index (χ4v) is 12.8. The van der Waals surface area contributed by atoms with Gasteiger partial charge in [-0.25, -0.2) is 9.78 Å². The van der Waals surface area contributed by atoms with E-state index in [1.807, 2.05) is 97.1 Å². The van der Waals surface area contributed by atoms with E-state index in [1.54, 1.807) is 67.1 Å². The minimum Gasteiger partial charge on any atom is -0.497 e. The van der Waals surface area contributed by atoms with E-state index in [0.29, 0.717) is 32.8 Å². The minimum absolute atomic E-state index is 0.0218. The van der Waals surface area contributed by atoms with E-state index < -0.39 is 42.1 Å². The van der Waals surface area contributed by atoms with Crippen LogP contribution in [0.3, 0.4) is 0 Å². The first kappa shape index (κ1) is 49.4. The summed E-state index contributed by atoms with van der Waals surface area (Å²) in [6.45, 7) is -0.0317. The van der Waals surface area contributed by atoms with Crippen LogP contribution in [0.4, 0.5) is 5.13 Å². The molecule has 6 aromatic carbocycles. The summed E-state index contributed by atoms with van der Waals surface area (Å²) in [5, 5.41) is 13.4. The lowest BCUT2D eigenvalue weighted by atomic mass is 9.77. The number of rotatable bonds is 20. The van der Waals surface area contributed by atoms with Gasteiger partial charge in [0.15, 0.2) is 10.8 Å². The number of allylic oxidation sites excluding steroid dienone is 1. The molecule has 16 heteroatoms. The van der Waals surface area contributed by atoms with E-state index in [1.165, 1.54) is 35.1 Å². The largest absolute Gasteiger partial charge is 0.497 e. The summed E-state index contributed by atoms with van der Waals surface area (Å²) >= 11 is 2.71. The molecule has 7 aromatic rings. The van der Waals surface area contributed by atoms with Crippen molar-refractivity contribution in [1.82, 2.24) is 15.2 Å². The van der Waals surface area contributed by atoms with Gasteiger partial charge in [0.05, 0.1) is 13.7 Å². The number of oxime groups is 1. The van der Waals surface area contributed by atoms with E-state index in [4.69, 9.17) is 23.8 Å². The average Bonchev–Trinajstić information content (AvgIpc) is 3.91. The summed E-state index contributed by atoms with van der Waals surface area (Å²) in [4.78, 5) is 54.1. The number of amides is 2. The Balaban J connectivity index is 0.937. The SMILES string of the molecule is CO/N=C(\C(=O)N[C@@H]1C(=O)N2C(C(=O)OCc3ccc(OC)cc3)=C(C/C=C/COP(=O)(c3ccccc3)c3ccccc3)CS[C@@H]12)c1csc(NC(c2ccccc2)(c2ccccc2)c2ccccc2)n1. The molecule has 1 saturated heterocycles. The van der Waals surface area contributed by atoms with Crippen LogP contribution < -0.4 is 26.0 Å². The summed E-state index contributed by atoms with van der Waals surface area (Å²) in [5.74, 6) is -0.866. The lowest BCUT2D eigenvalue weighted by molar-refractivity contribution is -0.153. The lowest BCUT2D eigenvalue weighted by Crippen LogP contribution is -2.71. The number of aromatic nitrogens is 1. The number of esters is 1. The smallest absolute Gasteiger partial charge is 0.355 e. The van der Waals surface area contributed by atoms with E-state index in [2.05, 4.69) is 52.2 Å². The number of β-lactam (4-membered cyclic amide) rings is 1. The van der Waals surface area contributed by atoms with E-state index >= 15 is 0 Å². The van der Waals surface area contributed by atoms with E-state index in [9.17, 15) is 18.9 Å². The molecule has 0 bridgehead atoms. The van der Waals surface area contributed by atoms with Crippen molar-refractivity contribution in [3.05, 3.63) is 233 Å². The van der Waals surface area contributed by atoms with Crippen LogP contribution in [-0.4, -0.2) is 71.4 Å². The Morgan fingerprint density at radius 1 is 0.778 bits per heavy atom. The van der Waals surface area contributed by atoms with Crippen LogP contribution >= 0.6 is 30.5 Å². The van der Waals surface area contributed by atoms with E-state index in [0.717, 1.165) is 22.3 Å². The first-order valence-corrected chi connectivity index (χ1v) is 26.6. The second kappa shape index (κ2) is 22.7. The highest BCUT2D eigenvalue weighted by Gasteiger charge is 2.54. The number of carbonyl (C=O) groups excluding carboxylic acids is 3. The number of carbonyl (C=O) groups is 3. The number of thiazole rings is 1. The predicted molar refractivity (Wildman–Crippen MR) is 283 cm³/mol. The Morgan fingerprint density at radius 2 is 1.33 bits per heavy atom. The zero-order valence-electron chi connectivity index (χ0n) is 39.3. The van der Waals surface area contributed by atoms with Gasteiger partial charge >= 0.3 is 5.97 Å². The molecule has 364 valence electrons. The van der Waals surface area contributed by atoms with Crippen LogP contribution in [0.5, 0.6) is 5.75 Å². The molecule has 2 aliphatic heterocycles. The third kappa shape index (κ3) is 10.4. The molecule has 0 aliphatic carbocycles. The van der Waals surface area contributed by atoms with Gasteiger partial charge in [0, 0.05) is 21.7 Å². The third-order valence-electron chi connectivity index (χ3n) is 12.2. The molecule has 0 radical (unpaired) electrons. The number of fused-ring (bicyclic) bond motifs is 1. The molecule has 2 atom stereocenters. The molecular formula is C56H50N5O8PS2. The topological polar surface area (TPSA) is 158 Å². The number of hydrogen-bond donors (Lipinski definition) is 2. The molecule has 1 aromatic heterocycles. The second-order valence-corrected chi connectivity index (χ2v) is 20.9. The van der Waals surface area contributed by atoms with Crippen LogP contribution in [0.1, 0.15) is 34.4 Å². The van der Waals surface area contributed by atoms with Crippen molar-refractivity contribution in [2.45, 2.75) is 30.0 Å². The molecule has 13 nitrogen and oxygen atoms in total. The van der Waals surface area contributed by atoms with Crippen LogP contribution in [0.2, 0.25) is 0 Å². The number of nitrogens with zero attached hydrogens (tertiary/aromatic N) is 3. The molecule has 72 heavy (non-hydrogen) atoms. The maximum Gasteiger partial charge on any atom is 0.355 e. The summed E-state index contributed by atoms with van der Waals surface area (Å²) in [7, 11) is -0.536. The van der Waals surface area contributed by atoms with Gasteiger partial charge in [0.1, 0.15) is 47.8 Å². The van der Waals surface area contributed by atoms with Gasteiger partial charge in [-0.1, -0.05) is 157 Å². The van der Waals surface area contributed by atoms with Crippen molar-refractivity contribution in [2.75, 3.05) is 31.9 Å². The number of thioether (sulfide) groups is 1. The molecule has 2 aliphatic rings. The number of methoxy groups -OCH3 is 1. The van der Waals surface area contributed by atoms with Crippen molar-refractivity contribution in [3.63, 3.8) is 0 Å². The molecule has 3 heterocycles. The zero-order chi connectivity index (χ0) is 49.9. The summed E-state index contributed by atoms with van der Waals surface area (Å²) in [5.41, 5.74) is 3.61. The quantitative estimate of drug-likeness (QED) is 0.0143. The van der Waals surface area contributed by atoms with Gasteiger partial charge in [-0.2, -0.15) is 0 Å². The highest BCUT2D eigenvalue weighted by molar-refractivity contribution is 8.00. The Hall–Kier alpha value is -7.55. The first-order chi connectivity index (χ1) is 35.2. The molecule has 0 saturated carbocycles. The summed E-state index contributed by atoms with van der Waals surface area (Å²) in [6.07, 6.45) is 3.85. The predicted octanol–water partition coefficient (Wildman–Crippen LogP) is 9.20. The first-order valence-electron chi connectivity index (χ1n) is 23.0. The Morgan fingerprint density at radius 3 is 1.88 bits per heavy atom. The van der Waals surface area contributed by atoms with Gasteiger partial charge in [0.2, 0.25) is 0 Å². The lowest BCUT2D eigenvalue weighted by Gasteiger charge is -2.49. The molecule has 0 spiro atoms. The molecular weight excluding hydrogens is 966 g/mol. The third-order valence-corrected chi connectivity index (χ3v) is 16.8. The minimum atomic E-state index is -3.44. The molecule has 1 fully saturated rings. The normalized spacial score (nSPS) is 15.9. The highest BCUT2D eigenvalue weighted by atomic mass is 32.2. The number of anilines is 1. The second-order valence-electron chi connectivity index (χ2n) is 16.6. The molecule has 2 N–H and O–H groups in total. The van der Waals surface area contributed by atoms with Crippen molar-refractivity contribution >= 4 is 69.7 Å². The fraction of sp³-hybridized carbons (Fsp3) is 0.161. The summed E-state index contributed by atoms with van der Waals surface area (Å²) < 4.78 is 31.7. The number of hydrogen-bond acceptors (Lipinski definition) is 13. The zero-order valence-corrected chi connectivity index (χ0v) is 41.9. The van der Waals surface area contributed by atoms with Crippen molar-refractivity contribution in [2.24, 2.45) is 5.16 Å². The van der Waals surface area contributed by atoms with Gasteiger partial charge in [-0.05, 0) is 70.6 Å². The highest BCUT2D eigenvalue weighted by Crippen LogP contribution is 2.45. The fourth-order valence-electron chi connectivity index (χ4n) is 8.64. The van der Waals surface area contributed by atoms with Crippen molar-refractivity contribution < 1.29 is 37.8 Å². The van der Waals surface area contributed by atoms with Crippen molar-refractivity contribution in [1.29, 1.82) is 0 Å². The van der Waals surface area contributed by atoms with Crippen LogP contribution in [0.15, 0.2) is 210 Å². The number of nitrogens with one attached hydrogen (secondary N) is 2. The molecule has 0 unspecified atom stereocenters. The van der Waals surface area contributed by atoms with Crippen LogP contribution in [-0.2, 0) is 45.2 Å². The standard InChI is InChI=1S/C56H50N5O8PS2/c1-66-44-33-31-39(32-34-44)36-68-54(64)50-40(20-18-19-35-69-70(65,45-27-14-6-15-28-45)46-29-16-7-17-30-46)37-71-53-49(52(63)61(50)53)58-51(62)48(60-67-2)47-38-72-55(57-47)59-56(41-21-8-3-9-22-41,42-23-10-4-11-24-42)43-25-12-5-13-26-43/h3-19,21-34,38,49,53H,20,35-37H2,1-2H3,(H,57,59)(H,58,62)/b19-18+,60-48-/t49-,53+/m1/s1. The maximum atomic E-state index is 14.4. The maximum absolute atomic E-state index is 14.4.